The van der Waals surface area contributed by atoms with E-state index in [1.165, 1.54) is 57.6 Å². The predicted molar refractivity (Wildman–Crippen MR) is 153 cm³/mol. The Labute approximate surface area is 231 Å². The fourth-order valence-electron chi connectivity index (χ4n) is 3.81. The molecule has 0 fully saturated rings. The average molecular weight is 542 g/mol. The van der Waals surface area contributed by atoms with Crippen LogP contribution in [-0.2, 0) is 9.59 Å². The van der Waals surface area contributed by atoms with Gasteiger partial charge >= 0.3 is 5.97 Å². The molecule has 0 aliphatic heterocycles. The van der Waals surface area contributed by atoms with Crippen LogP contribution in [0.25, 0.3) is 0 Å². The molecule has 0 aliphatic carbocycles. The van der Waals surface area contributed by atoms with Gasteiger partial charge in [0.25, 0.3) is 5.91 Å². The lowest BCUT2D eigenvalue weighted by Gasteiger charge is -2.05. The highest BCUT2D eigenvalue weighted by atomic mass is 35.5. The molecule has 0 aliphatic rings. The zero-order valence-electron chi connectivity index (χ0n) is 22.3. The van der Waals surface area contributed by atoms with Crippen molar-refractivity contribution in [2.75, 3.05) is 6.54 Å². The Morgan fingerprint density at radius 3 is 1.97 bits per heavy atom. The molecule has 38 heavy (non-hydrogen) atoms. The summed E-state index contributed by atoms with van der Waals surface area (Å²) >= 11 is 5.83. The smallest absolute Gasteiger partial charge is 0.343 e. The summed E-state index contributed by atoms with van der Waals surface area (Å²) in [6.07, 6.45) is 15.4. The number of unbranched alkanes of at least 4 members (excludes halogenated alkanes) is 10. The Balaban J connectivity index is 1.53. The van der Waals surface area contributed by atoms with E-state index >= 15 is 0 Å². The molecule has 7 nitrogen and oxygen atoms in total. The van der Waals surface area contributed by atoms with E-state index in [9.17, 15) is 14.4 Å². The Kier molecular flexibility index (Phi) is 15.5. The van der Waals surface area contributed by atoms with Crippen molar-refractivity contribution < 1.29 is 19.1 Å². The minimum Gasteiger partial charge on any atom is -0.423 e. The second-order valence-electron chi connectivity index (χ2n) is 9.32. The maximum Gasteiger partial charge on any atom is 0.343 e. The molecule has 2 aromatic rings. The highest BCUT2D eigenvalue weighted by molar-refractivity contribution is 6.30. The van der Waals surface area contributed by atoms with Crippen molar-refractivity contribution in [3.05, 3.63) is 64.7 Å². The van der Waals surface area contributed by atoms with Gasteiger partial charge in [0.05, 0.1) is 18.3 Å². The molecule has 2 amide bonds. The molecule has 8 heteroatoms. The second-order valence-corrected chi connectivity index (χ2v) is 9.76. The molecule has 0 aromatic heterocycles. The summed E-state index contributed by atoms with van der Waals surface area (Å²) in [5, 5.41) is 7.07. The zero-order valence-corrected chi connectivity index (χ0v) is 23.1. The van der Waals surface area contributed by atoms with E-state index in [1.807, 2.05) is 0 Å². The molecule has 206 valence electrons. The van der Waals surface area contributed by atoms with Crippen LogP contribution < -0.4 is 15.5 Å². The number of carbonyl (C=O) groups is 3. The molecule has 0 saturated carbocycles. The molecular weight excluding hydrogens is 502 g/mol. The van der Waals surface area contributed by atoms with Crippen molar-refractivity contribution in [3.63, 3.8) is 0 Å². The van der Waals surface area contributed by atoms with E-state index in [-0.39, 0.29) is 12.5 Å². The number of hydrazone groups is 1. The molecule has 2 N–H and O–H groups in total. The highest BCUT2D eigenvalue weighted by Crippen LogP contribution is 2.15. The number of ether oxygens (including phenoxy) is 1. The van der Waals surface area contributed by atoms with Crippen molar-refractivity contribution in [2.45, 2.75) is 84.0 Å². The number of amides is 2. The first-order valence-electron chi connectivity index (χ1n) is 13.6. The summed E-state index contributed by atoms with van der Waals surface area (Å²) in [6.45, 7) is 2.12. The fraction of sp³-hybridized carbons (Fsp3) is 0.467. The van der Waals surface area contributed by atoms with Crippen LogP contribution >= 0.6 is 11.6 Å². The van der Waals surface area contributed by atoms with Crippen LogP contribution in [0.1, 0.15) is 99.9 Å². The molecule has 0 spiro atoms. The van der Waals surface area contributed by atoms with Crippen LogP contribution in [0, 0.1) is 0 Å². The number of halogens is 1. The van der Waals surface area contributed by atoms with Crippen molar-refractivity contribution in [2.24, 2.45) is 5.10 Å². The molecule has 0 saturated heterocycles. The minimum absolute atomic E-state index is 0.117. The molecular formula is C30H40ClN3O4. The number of esters is 1. The van der Waals surface area contributed by atoms with Gasteiger partial charge in [-0.05, 0) is 60.5 Å². The molecule has 0 radical (unpaired) electrons. The van der Waals surface area contributed by atoms with E-state index in [1.54, 1.807) is 48.5 Å². The lowest BCUT2D eigenvalue weighted by atomic mass is 10.1. The van der Waals surface area contributed by atoms with E-state index in [4.69, 9.17) is 16.3 Å². The molecule has 0 unspecified atom stereocenters. The fourth-order valence-corrected chi connectivity index (χ4v) is 3.94. The maximum atomic E-state index is 12.2. The molecule has 2 rings (SSSR count). The SMILES string of the molecule is CCCCCCCCCCCCCC(=O)NCC(=O)N/N=C\c1ccc(OC(=O)c2ccc(Cl)cc2)cc1. The third-order valence-corrected chi connectivity index (χ3v) is 6.28. The van der Waals surface area contributed by atoms with Gasteiger partial charge in [0.1, 0.15) is 5.75 Å². The normalized spacial score (nSPS) is 10.9. The Bertz CT molecular complexity index is 1010. The lowest BCUT2D eigenvalue weighted by molar-refractivity contribution is -0.126. The number of carbonyl (C=O) groups excluding carboxylic acids is 3. The van der Waals surface area contributed by atoms with Gasteiger partial charge in [-0.25, -0.2) is 10.2 Å². The first-order valence-corrected chi connectivity index (χ1v) is 14.0. The molecule has 0 atom stereocenters. The summed E-state index contributed by atoms with van der Waals surface area (Å²) in [7, 11) is 0. The zero-order chi connectivity index (χ0) is 27.4. The van der Waals surface area contributed by atoms with Crippen molar-refractivity contribution in [1.82, 2.24) is 10.7 Å². The second kappa shape index (κ2) is 19.0. The lowest BCUT2D eigenvalue weighted by Crippen LogP contribution is -2.34. The van der Waals surface area contributed by atoms with Gasteiger partial charge in [-0.2, -0.15) is 5.10 Å². The van der Waals surface area contributed by atoms with Gasteiger partial charge in [-0.3, -0.25) is 9.59 Å². The van der Waals surface area contributed by atoms with Crippen LogP contribution in [-0.4, -0.2) is 30.5 Å². The Hall–Kier alpha value is -3.19. The largest absolute Gasteiger partial charge is 0.423 e. The summed E-state index contributed by atoms with van der Waals surface area (Å²) < 4.78 is 5.33. The number of benzene rings is 2. The van der Waals surface area contributed by atoms with Crippen LogP contribution in [0.2, 0.25) is 5.02 Å². The van der Waals surface area contributed by atoms with Gasteiger partial charge in [0, 0.05) is 11.4 Å². The van der Waals surface area contributed by atoms with Gasteiger partial charge in [0.2, 0.25) is 5.91 Å². The van der Waals surface area contributed by atoms with Gasteiger partial charge < -0.3 is 10.1 Å². The number of rotatable bonds is 18. The molecule has 0 bridgehead atoms. The van der Waals surface area contributed by atoms with Crippen molar-refractivity contribution in [3.8, 4) is 5.75 Å². The van der Waals surface area contributed by atoms with E-state index in [0.717, 1.165) is 19.3 Å². The average Bonchev–Trinajstić information content (AvgIpc) is 2.92. The van der Waals surface area contributed by atoms with Gasteiger partial charge in [0.15, 0.2) is 0 Å². The third kappa shape index (κ3) is 13.9. The Morgan fingerprint density at radius 2 is 1.37 bits per heavy atom. The topological polar surface area (TPSA) is 96.9 Å². The first-order chi connectivity index (χ1) is 18.5. The standard InChI is InChI=1S/C30H40ClN3O4/c1-2-3-4-5-6-7-8-9-10-11-12-13-28(35)32-23-29(36)34-33-22-24-14-20-27(21-15-24)38-30(37)25-16-18-26(31)19-17-25/h14-22H,2-13,23H2,1H3,(H,32,35)(H,34,36)/b33-22-. The molecule has 0 heterocycles. The number of nitrogens with one attached hydrogen (secondary N) is 2. The number of hydrogen-bond donors (Lipinski definition) is 2. The number of hydrogen-bond acceptors (Lipinski definition) is 5. The quantitative estimate of drug-likeness (QED) is 0.0710. The first kappa shape index (κ1) is 31.0. The summed E-state index contributed by atoms with van der Waals surface area (Å²) in [5.41, 5.74) is 3.49. The monoisotopic (exact) mass is 541 g/mol. The summed E-state index contributed by atoms with van der Waals surface area (Å²) in [6, 6.07) is 13.1. The van der Waals surface area contributed by atoms with Crippen LogP contribution in [0.4, 0.5) is 0 Å². The van der Waals surface area contributed by atoms with E-state index in [2.05, 4.69) is 22.8 Å². The minimum atomic E-state index is -0.485. The van der Waals surface area contributed by atoms with Crippen LogP contribution in [0.15, 0.2) is 53.6 Å². The Morgan fingerprint density at radius 1 is 0.789 bits per heavy atom. The van der Waals surface area contributed by atoms with Crippen LogP contribution in [0.3, 0.4) is 0 Å². The molecule has 2 aromatic carbocycles. The van der Waals surface area contributed by atoms with Crippen LogP contribution in [0.5, 0.6) is 5.75 Å². The third-order valence-electron chi connectivity index (χ3n) is 6.03. The number of nitrogens with zero attached hydrogens (tertiary/aromatic N) is 1. The highest BCUT2D eigenvalue weighted by Gasteiger charge is 2.08. The van der Waals surface area contributed by atoms with Gasteiger partial charge in [-0.15, -0.1) is 0 Å². The summed E-state index contributed by atoms with van der Waals surface area (Å²) in [4.78, 5) is 36.0. The van der Waals surface area contributed by atoms with Crippen molar-refractivity contribution >= 4 is 35.6 Å². The maximum absolute atomic E-state index is 12.2. The predicted octanol–water partition coefficient (Wildman–Crippen LogP) is 6.83. The van der Waals surface area contributed by atoms with E-state index < -0.39 is 11.9 Å². The van der Waals surface area contributed by atoms with E-state index in [0.29, 0.717) is 28.3 Å². The van der Waals surface area contributed by atoms with Gasteiger partial charge in [-0.1, -0.05) is 82.7 Å². The van der Waals surface area contributed by atoms with Crippen molar-refractivity contribution in [1.29, 1.82) is 0 Å². The summed E-state index contributed by atoms with van der Waals surface area (Å²) in [5.74, 6) is -0.626.